The van der Waals surface area contributed by atoms with E-state index < -0.39 is 0 Å². The zero-order valence-electron chi connectivity index (χ0n) is 16.8. The van der Waals surface area contributed by atoms with Gasteiger partial charge in [-0.25, -0.2) is 0 Å². The third kappa shape index (κ3) is 5.58. The average molecular weight is 429 g/mol. The molecule has 0 unspecified atom stereocenters. The number of aryl methyl sites for hydroxylation is 2. The van der Waals surface area contributed by atoms with Crippen LogP contribution in [0.5, 0.6) is 0 Å². The molecule has 1 aromatic heterocycles. The van der Waals surface area contributed by atoms with E-state index in [0.717, 1.165) is 26.2 Å². The molecule has 152 valence electrons. The van der Waals surface area contributed by atoms with Crippen LogP contribution in [0.25, 0.3) is 10.2 Å². The summed E-state index contributed by atoms with van der Waals surface area (Å²) in [5.41, 5.74) is 3.12. The van der Waals surface area contributed by atoms with Crippen LogP contribution >= 0.6 is 23.1 Å². The second-order valence-corrected chi connectivity index (χ2v) is 8.77. The number of hydrogen-bond acceptors (Lipinski definition) is 5. The van der Waals surface area contributed by atoms with Gasteiger partial charge in [0.2, 0.25) is 5.91 Å². The summed E-state index contributed by atoms with van der Waals surface area (Å²) < 4.78 is 7.94. The predicted octanol–water partition coefficient (Wildman–Crippen LogP) is 4.49. The lowest BCUT2D eigenvalue weighted by atomic mass is 10.1. The van der Waals surface area contributed by atoms with Crippen molar-refractivity contribution in [2.45, 2.75) is 38.6 Å². The number of ether oxygens (including phenoxy) is 1. The van der Waals surface area contributed by atoms with E-state index >= 15 is 0 Å². The van der Waals surface area contributed by atoms with Gasteiger partial charge in [-0.1, -0.05) is 35.6 Å². The van der Waals surface area contributed by atoms with Gasteiger partial charge in [-0.3, -0.25) is 9.59 Å². The molecular weight excluding hydrogens is 404 g/mol. The third-order valence-electron chi connectivity index (χ3n) is 4.26. The highest BCUT2D eigenvalue weighted by atomic mass is 32.2. The summed E-state index contributed by atoms with van der Waals surface area (Å²) in [5, 5.41) is 0. The first kappa shape index (κ1) is 21.3. The third-order valence-corrected chi connectivity index (χ3v) is 6.50. The largest absolute Gasteiger partial charge is 0.465 e. The van der Waals surface area contributed by atoms with Crippen molar-refractivity contribution in [3.05, 3.63) is 58.4 Å². The van der Waals surface area contributed by atoms with Gasteiger partial charge in [0.15, 0.2) is 4.80 Å². The van der Waals surface area contributed by atoms with Gasteiger partial charge in [0.05, 0.1) is 16.8 Å². The van der Waals surface area contributed by atoms with E-state index in [1.165, 1.54) is 11.3 Å². The summed E-state index contributed by atoms with van der Waals surface area (Å²) in [6, 6.07) is 14.1. The topological polar surface area (TPSA) is 60.7 Å². The molecule has 2 aromatic carbocycles. The predicted molar refractivity (Wildman–Crippen MR) is 118 cm³/mol. The molecule has 0 aliphatic carbocycles. The first-order chi connectivity index (χ1) is 14.0. The second-order valence-electron chi connectivity index (χ2n) is 6.62. The Morgan fingerprint density at radius 2 is 1.93 bits per heavy atom. The number of benzene rings is 2. The van der Waals surface area contributed by atoms with Crippen LogP contribution in [-0.4, -0.2) is 28.8 Å². The maximum atomic E-state index is 12.5. The van der Waals surface area contributed by atoms with E-state index in [2.05, 4.69) is 11.1 Å². The molecule has 0 saturated carbocycles. The van der Waals surface area contributed by atoms with Gasteiger partial charge in [-0.15, -0.1) is 11.8 Å². The number of carbonyl (C=O) groups excluding carboxylic acids is 2. The number of esters is 1. The van der Waals surface area contributed by atoms with Crippen molar-refractivity contribution in [1.82, 2.24) is 4.57 Å². The number of amides is 1. The number of rotatable bonds is 7. The van der Waals surface area contributed by atoms with Gasteiger partial charge in [0.1, 0.15) is 6.54 Å². The maximum absolute atomic E-state index is 12.5. The van der Waals surface area contributed by atoms with Gasteiger partial charge in [0.25, 0.3) is 0 Å². The fourth-order valence-electron chi connectivity index (χ4n) is 3.02. The highest BCUT2D eigenvalue weighted by Crippen LogP contribution is 2.24. The van der Waals surface area contributed by atoms with E-state index in [1.54, 1.807) is 23.3 Å². The van der Waals surface area contributed by atoms with Gasteiger partial charge in [-0.2, -0.15) is 4.99 Å². The van der Waals surface area contributed by atoms with E-state index in [0.29, 0.717) is 23.6 Å². The average Bonchev–Trinajstić information content (AvgIpc) is 3.00. The SMILES string of the molecule is CCOC(=O)Cn1c(=NC(=O)CCSc2ccccc2)sc2c(C)cc(C)cc21. The molecule has 5 nitrogen and oxygen atoms in total. The van der Waals surface area contributed by atoms with Crippen molar-refractivity contribution < 1.29 is 14.3 Å². The highest BCUT2D eigenvalue weighted by molar-refractivity contribution is 7.99. The van der Waals surface area contributed by atoms with Crippen molar-refractivity contribution in [3.8, 4) is 0 Å². The molecule has 3 rings (SSSR count). The summed E-state index contributed by atoms with van der Waals surface area (Å²) in [6.45, 7) is 6.19. The first-order valence-electron chi connectivity index (χ1n) is 9.49. The van der Waals surface area contributed by atoms with Gasteiger partial charge < -0.3 is 9.30 Å². The number of fused-ring (bicyclic) bond motifs is 1. The van der Waals surface area contributed by atoms with Gasteiger partial charge in [0, 0.05) is 17.1 Å². The first-order valence-corrected chi connectivity index (χ1v) is 11.3. The lowest BCUT2D eigenvalue weighted by Crippen LogP contribution is -2.23. The van der Waals surface area contributed by atoms with Crippen LogP contribution in [0.15, 0.2) is 52.4 Å². The van der Waals surface area contributed by atoms with E-state index in [4.69, 9.17) is 4.74 Å². The molecule has 0 spiro atoms. The van der Waals surface area contributed by atoms with Crippen molar-refractivity contribution in [3.63, 3.8) is 0 Å². The molecule has 0 radical (unpaired) electrons. The second kappa shape index (κ2) is 9.89. The fourth-order valence-corrected chi connectivity index (χ4v) is 4.98. The summed E-state index contributed by atoms with van der Waals surface area (Å²) in [4.78, 5) is 30.6. The number of aromatic nitrogens is 1. The molecule has 1 amide bonds. The molecule has 0 fully saturated rings. The summed E-state index contributed by atoms with van der Waals surface area (Å²) in [5.74, 6) is 0.139. The van der Waals surface area contributed by atoms with Crippen LogP contribution in [0.2, 0.25) is 0 Å². The molecule has 0 aliphatic rings. The van der Waals surface area contributed by atoms with Crippen LogP contribution in [0, 0.1) is 13.8 Å². The Hall–Kier alpha value is -2.38. The quantitative estimate of drug-likeness (QED) is 0.411. The molecule has 1 heterocycles. The molecule has 3 aromatic rings. The normalized spacial score (nSPS) is 11.8. The molecule has 0 atom stereocenters. The number of carbonyl (C=O) groups is 2. The number of thioether (sulfide) groups is 1. The van der Waals surface area contributed by atoms with Crippen LogP contribution in [-0.2, 0) is 20.9 Å². The van der Waals surface area contributed by atoms with Gasteiger partial charge >= 0.3 is 5.97 Å². The number of thiazole rings is 1. The number of hydrogen-bond donors (Lipinski definition) is 0. The minimum absolute atomic E-state index is 0.0433. The summed E-state index contributed by atoms with van der Waals surface area (Å²) in [7, 11) is 0. The summed E-state index contributed by atoms with van der Waals surface area (Å²) >= 11 is 3.07. The lowest BCUT2D eigenvalue weighted by Gasteiger charge is -2.06. The Morgan fingerprint density at radius 3 is 2.66 bits per heavy atom. The van der Waals surface area contributed by atoms with Crippen molar-refractivity contribution in [1.29, 1.82) is 0 Å². The zero-order valence-corrected chi connectivity index (χ0v) is 18.4. The molecular formula is C22H24N2O3S2. The van der Waals surface area contributed by atoms with Crippen molar-refractivity contribution >= 4 is 45.2 Å². The standard InChI is InChI=1S/C22H24N2O3S2/c1-4-27-20(26)14-24-18-13-15(2)12-16(3)21(18)29-22(24)23-19(25)10-11-28-17-8-6-5-7-9-17/h5-9,12-13H,4,10-11,14H2,1-3H3. The molecule has 0 aliphatic heterocycles. The zero-order chi connectivity index (χ0) is 20.8. The summed E-state index contributed by atoms with van der Waals surface area (Å²) in [6.07, 6.45) is 0.339. The van der Waals surface area contributed by atoms with Crippen LogP contribution in [0.4, 0.5) is 0 Å². The van der Waals surface area contributed by atoms with Crippen LogP contribution in [0.1, 0.15) is 24.5 Å². The molecule has 0 bridgehead atoms. The van der Waals surface area contributed by atoms with Crippen LogP contribution in [0.3, 0.4) is 0 Å². The Kier molecular flexibility index (Phi) is 7.28. The molecule has 0 saturated heterocycles. The highest BCUT2D eigenvalue weighted by Gasteiger charge is 2.14. The molecule has 7 heteroatoms. The minimum atomic E-state index is -0.333. The number of nitrogens with zero attached hydrogens (tertiary/aromatic N) is 2. The monoisotopic (exact) mass is 428 g/mol. The smallest absolute Gasteiger partial charge is 0.326 e. The van der Waals surface area contributed by atoms with E-state index in [1.807, 2.05) is 50.2 Å². The van der Waals surface area contributed by atoms with E-state index in [-0.39, 0.29) is 18.4 Å². The Bertz CT molecular complexity index is 1080. The molecule has 0 N–H and O–H groups in total. The minimum Gasteiger partial charge on any atom is -0.465 e. The Balaban J connectivity index is 1.86. The van der Waals surface area contributed by atoms with Crippen molar-refractivity contribution in [2.75, 3.05) is 12.4 Å². The van der Waals surface area contributed by atoms with E-state index in [9.17, 15) is 9.59 Å². The van der Waals surface area contributed by atoms with Crippen molar-refractivity contribution in [2.24, 2.45) is 4.99 Å². The van der Waals surface area contributed by atoms with Gasteiger partial charge in [-0.05, 0) is 50.1 Å². The fraction of sp³-hybridized carbons (Fsp3) is 0.318. The van der Waals surface area contributed by atoms with Crippen LogP contribution < -0.4 is 4.80 Å². The molecule has 29 heavy (non-hydrogen) atoms. The Labute approximate surface area is 178 Å². The maximum Gasteiger partial charge on any atom is 0.326 e. The lowest BCUT2D eigenvalue weighted by molar-refractivity contribution is -0.143. The Morgan fingerprint density at radius 1 is 1.17 bits per heavy atom.